The van der Waals surface area contributed by atoms with E-state index in [0.29, 0.717) is 30.2 Å². The Bertz CT molecular complexity index is 1210. The molecule has 0 saturated heterocycles. The summed E-state index contributed by atoms with van der Waals surface area (Å²) in [5, 5.41) is 2.97. The maximum atomic E-state index is 12.3. The van der Waals surface area contributed by atoms with Gasteiger partial charge in [-0.15, -0.1) is 0 Å². The molecule has 0 fully saturated rings. The van der Waals surface area contributed by atoms with Gasteiger partial charge in [0.05, 0.1) is 24.4 Å². The molecule has 0 aliphatic rings. The molecule has 0 unspecified atom stereocenters. The van der Waals surface area contributed by atoms with Gasteiger partial charge in [-0.05, 0) is 48.4 Å². The monoisotopic (exact) mass is 386 g/mol. The predicted molar refractivity (Wildman–Crippen MR) is 116 cm³/mol. The highest BCUT2D eigenvalue weighted by molar-refractivity contribution is 6.08. The molecule has 0 bridgehead atoms. The van der Waals surface area contributed by atoms with Crippen molar-refractivity contribution in [2.45, 2.75) is 13.8 Å². The molecule has 4 aromatic rings. The summed E-state index contributed by atoms with van der Waals surface area (Å²) in [6, 6.07) is 19.6. The molecule has 0 aliphatic heterocycles. The van der Waals surface area contributed by atoms with Gasteiger partial charge in [-0.3, -0.25) is 0 Å². The van der Waals surface area contributed by atoms with E-state index in [1.807, 2.05) is 43.3 Å². The first-order valence-electron chi connectivity index (χ1n) is 9.65. The van der Waals surface area contributed by atoms with Crippen molar-refractivity contribution in [1.82, 2.24) is 4.98 Å². The number of carbonyl (C=O) groups is 1. The zero-order valence-electron chi connectivity index (χ0n) is 16.4. The van der Waals surface area contributed by atoms with Crippen molar-refractivity contribution >= 4 is 33.3 Å². The van der Waals surface area contributed by atoms with Crippen molar-refractivity contribution in [1.29, 1.82) is 0 Å². The standard InChI is InChI=1S/C24H22N2O3/c1-3-28-23-18-12-13-21(24(27)29-4-2)26-22(18)19(14-20(23)25)17-11-7-9-15-8-5-6-10-16(15)17/h5-14H,3-4,25H2,1-2H3. The van der Waals surface area contributed by atoms with Gasteiger partial charge < -0.3 is 15.2 Å². The number of fused-ring (bicyclic) bond motifs is 2. The SMILES string of the molecule is CCOC(=O)c1ccc2c(OCC)c(N)cc(-c3cccc4ccccc34)c2n1. The molecule has 5 heteroatoms. The summed E-state index contributed by atoms with van der Waals surface area (Å²) < 4.78 is 10.9. The lowest BCUT2D eigenvalue weighted by Crippen LogP contribution is -2.08. The second-order valence-corrected chi connectivity index (χ2v) is 6.62. The number of pyridine rings is 1. The van der Waals surface area contributed by atoms with Crippen LogP contribution < -0.4 is 10.5 Å². The molecule has 0 atom stereocenters. The van der Waals surface area contributed by atoms with Crippen molar-refractivity contribution in [2.75, 3.05) is 18.9 Å². The molecule has 146 valence electrons. The number of benzene rings is 3. The third-order valence-corrected chi connectivity index (χ3v) is 4.81. The summed E-state index contributed by atoms with van der Waals surface area (Å²) in [7, 11) is 0. The van der Waals surface area contributed by atoms with Crippen LogP contribution in [0.5, 0.6) is 5.75 Å². The Hall–Kier alpha value is -3.60. The van der Waals surface area contributed by atoms with Crippen LogP contribution in [0.15, 0.2) is 60.7 Å². The highest BCUT2D eigenvalue weighted by Gasteiger charge is 2.18. The lowest BCUT2D eigenvalue weighted by molar-refractivity contribution is 0.0520. The zero-order valence-corrected chi connectivity index (χ0v) is 16.4. The van der Waals surface area contributed by atoms with Crippen molar-refractivity contribution in [3.8, 4) is 16.9 Å². The van der Waals surface area contributed by atoms with Crippen LogP contribution >= 0.6 is 0 Å². The van der Waals surface area contributed by atoms with Gasteiger partial charge in [0.15, 0.2) is 5.75 Å². The van der Waals surface area contributed by atoms with Crippen molar-refractivity contribution in [2.24, 2.45) is 0 Å². The number of nitrogens with two attached hydrogens (primary N) is 1. The van der Waals surface area contributed by atoms with Crippen molar-refractivity contribution in [3.63, 3.8) is 0 Å². The zero-order chi connectivity index (χ0) is 20.4. The smallest absolute Gasteiger partial charge is 0.356 e. The van der Waals surface area contributed by atoms with E-state index in [2.05, 4.69) is 23.2 Å². The Morgan fingerprint density at radius 2 is 1.72 bits per heavy atom. The van der Waals surface area contributed by atoms with E-state index in [0.717, 1.165) is 27.3 Å². The molecule has 0 radical (unpaired) electrons. The van der Waals surface area contributed by atoms with Crippen molar-refractivity contribution in [3.05, 3.63) is 66.4 Å². The fourth-order valence-electron chi connectivity index (χ4n) is 3.58. The molecule has 2 N–H and O–H groups in total. The van der Waals surface area contributed by atoms with E-state index in [1.165, 1.54) is 0 Å². The van der Waals surface area contributed by atoms with E-state index >= 15 is 0 Å². The summed E-state index contributed by atoms with van der Waals surface area (Å²) in [6.45, 7) is 4.45. The molecule has 29 heavy (non-hydrogen) atoms. The summed E-state index contributed by atoms with van der Waals surface area (Å²) in [5.41, 5.74) is 9.65. The minimum absolute atomic E-state index is 0.257. The molecular weight excluding hydrogens is 364 g/mol. The molecule has 1 heterocycles. The second-order valence-electron chi connectivity index (χ2n) is 6.62. The number of carbonyl (C=O) groups excluding carboxylic acids is 1. The Kier molecular flexibility index (Phi) is 5.04. The Morgan fingerprint density at radius 1 is 0.931 bits per heavy atom. The maximum absolute atomic E-state index is 12.3. The lowest BCUT2D eigenvalue weighted by Gasteiger charge is -2.16. The summed E-state index contributed by atoms with van der Waals surface area (Å²) in [6.07, 6.45) is 0. The van der Waals surface area contributed by atoms with E-state index in [9.17, 15) is 4.79 Å². The number of ether oxygens (including phenoxy) is 2. The average Bonchev–Trinajstić information content (AvgIpc) is 2.75. The van der Waals surface area contributed by atoms with Gasteiger partial charge in [-0.25, -0.2) is 9.78 Å². The van der Waals surface area contributed by atoms with Crippen LogP contribution in [0.2, 0.25) is 0 Å². The molecule has 4 rings (SSSR count). The summed E-state index contributed by atoms with van der Waals surface area (Å²) in [4.78, 5) is 16.9. The largest absolute Gasteiger partial charge is 0.491 e. The van der Waals surface area contributed by atoms with Crippen LogP contribution in [0.3, 0.4) is 0 Å². The first kappa shape index (κ1) is 18.7. The van der Waals surface area contributed by atoms with Crippen LogP contribution in [0.25, 0.3) is 32.8 Å². The number of hydrogen-bond acceptors (Lipinski definition) is 5. The number of hydrogen-bond donors (Lipinski definition) is 1. The van der Waals surface area contributed by atoms with Gasteiger partial charge in [0.2, 0.25) is 0 Å². The Morgan fingerprint density at radius 3 is 2.52 bits per heavy atom. The first-order valence-corrected chi connectivity index (χ1v) is 9.65. The summed E-state index contributed by atoms with van der Waals surface area (Å²) in [5.74, 6) is 0.127. The van der Waals surface area contributed by atoms with Gasteiger partial charge in [0, 0.05) is 10.9 Å². The third-order valence-electron chi connectivity index (χ3n) is 4.81. The molecule has 5 nitrogen and oxygen atoms in total. The molecule has 0 spiro atoms. The van der Waals surface area contributed by atoms with Crippen LogP contribution in [-0.2, 0) is 4.74 Å². The van der Waals surface area contributed by atoms with Gasteiger partial charge in [-0.2, -0.15) is 0 Å². The molecule has 0 aliphatic carbocycles. The number of aromatic nitrogens is 1. The third kappa shape index (κ3) is 3.36. The van der Waals surface area contributed by atoms with Gasteiger partial charge in [-0.1, -0.05) is 42.5 Å². The van der Waals surface area contributed by atoms with Crippen molar-refractivity contribution < 1.29 is 14.3 Å². The van der Waals surface area contributed by atoms with Crippen LogP contribution in [0, 0.1) is 0 Å². The maximum Gasteiger partial charge on any atom is 0.356 e. The number of nitrogens with zero attached hydrogens (tertiary/aromatic N) is 1. The highest BCUT2D eigenvalue weighted by Crippen LogP contribution is 2.40. The molecular formula is C24H22N2O3. The molecule has 0 saturated carbocycles. The van der Waals surface area contributed by atoms with E-state index in [1.54, 1.807) is 13.0 Å². The summed E-state index contributed by atoms with van der Waals surface area (Å²) >= 11 is 0. The van der Waals surface area contributed by atoms with Crippen LogP contribution in [0.4, 0.5) is 5.69 Å². The molecule has 3 aromatic carbocycles. The minimum Gasteiger partial charge on any atom is -0.491 e. The first-order chi connectivity index (χ1) is 14.1. The minimum atomic E-state index is -0.451. The molecule has 0 amide bonds. The van der Waals surface area contributed by atoms with Gasteiger partial charge >= 0.3 is 5.97 Å². The van der Waals surface area contributed by atoms with E-state index in [4.69, 9.17) is 15.2 Å². The Balaban J connectivity index is 2.05. The van der Waals surface area contributed by atoms with E-state index in [-0.39, 0.29) is 5.69 Å². The number of esters is 1. The number of rotatable bonds is 5. The van der Waals surface area contributed by atoms with Crippen LogP contribution in [0.1, 0.15) is 24.3 Å². The fraction of sp³-hybridized carbons (Fsp3) is 0.167. The number of anilines is 1. The fourth-order valence-corrected chi connectivity index (χ4v) is 3.58. The Labute approximate surface area is 169 Å². The normalized spacial score (nSPS) is 11.0. The molecule has 1 aromatic heterocycles. The van der Waals surface area contributed by atoms with Gasteiger partial charge in [0.25, 0.3) is 0 Å². The number of nitrogen functional groups attached to an aromatic ring is 1. The van der Waals surface area contributed by atoms with Crippen LogP contribution in [-0.4, -0.2) is 24.2 Å². The van der Waals surface area contributed by atoms with E-state index < -0.39 is 5.97 Å². The topological polar surface area (TPSA) is 74.4 Å². The average molecular weight is 386 g/mol. The predicted octanol–water partition coefficient (Wildman–Crippen LogP) is 5.21. The van der Waals surface area contributed by atoms with Gasteiger partial charge in [0.1, 0.15) is 5.69 Å². The highest BCUT2D eigenvalue weighted by atomic mass is 16.5. The lowest BCUT2D eigenvalue weighted by atomic mass is 9.95. The quantitative estimate of drug-likeness (QED) is 0.376. The second kappa shape index (κ2) is 7.80.